The van der Waals surface area contributed by atoms with Gasteiger partial charge in [0.25, 0.3) is 0 Å². The van der Waals surface area contributed by atoms with E-state index in [9.17, 15) is 43.2 Å². The fourth-order valence-electron chi connectivity index (χ4n) is 11.2. The van der Waals surface area contributed by atoms with E-state index in [1.807, 2.05) is 0 Å². The van der Waals surface area contributed by atoms with E-state index < -0.39 is 97.5 Å². The highest BCUT2D eigenvalue weighted by molar-refractivity contribution is 7.47. The smallest absolute Gasteiger partial charge is 0.462 e. The van der Waals surface area contributed by atoms with Gasteiger partial charge < -0.3 is 33.8 Å². The molecule has 0 aromatic rings. The highest BCUT2D eigenvalue weighted by atomic mass is 31.2. The van der Waals surface area contributed by atoms with E-state index in [-0.39, 0.29) is 25.7 Å². The van der Waals surface area contributed by atoms with E-state index in [0.29, 0.717) is 25.7 Å². The largest absolute Gasteiger partial charge is 0.472 e. The van der Waals surface area contributed by atoms with E-state index in [1.54, 1.807) is 0 Å². The first-order valence-electron chi connectivity index (χ1n) is 38.6. The van der Waals surface area contributed by atoms with Crippen molar-refractivity contribution in [2.45, 2.75) is 400 Å². The lowest BCUT2D eigenvalue weighted by molar-refractivity contribution is -0.161. The average molecular weight is 1370 g/mol. The van der Waals surface area contributed by atoms with Gasteiger partial charge >= 0.3 is 39.5 Å². The Morgan fingerprint density at radius 3 is 0.763 bits per heavy atom. The number of hydrogen-bond acceptors (Lipinski definition) is 15. The molecule has 0 radical (unpaired) electrons. The lowest BCUT2D eigenvalue weighted by Gasteiger charge is -2.21. The van der Waals surface area contributed by atoms with Crippen LogP contribution in [0.5, 0.6) is 0 Å². The number of esters is 4. The standard InChI is InChI=1S/C74H144O17P2/c1-7-11-13-15-17-19-21-23-24-25-27-33-40-46-52-58-73(78)90-69(62-85-72(77)57-51-45-39-32-29-28-30-36-42-48-54-66(5)9-3)64-88-92(80,81)86-60-68(75)61-87-93(82,83)89-65-70(91-74(79)59-53-47-41-35-34-37-43-49-55-67(6)10-4)63-84-71(76)56-50-44-38-31-26-22-20-18-16-14-12-8-2/h66-70,75H,7-65H2,1-6H3,(H,80,81)(H,82,83)/t66?,67?,68-,69-,70-/m1/s1. The molecular formula is C74H144O17P2. The molecule has 4 unspecified atom stereocenters. The molecule has 93 heavy (non-hydrogen) atoms. The molecule has 0 fully saturated rings. The monoisotopic (exact) mass is 1370 g/mol. The Labute approximate surface area is 568 Å². The lowest BCUT2D eigenvalue weighted by atomic mass is 9.99. The van der Waals surface area contributed by atoms with Crippen molar-refractivity contribution in [2.75, 3.05) is 39.6 Å². The molecule has 0 aromatic heterocycles. The third-order valence-electron chi connectivity index (χ3n) is 17.9. The summed E-state index contributed by atoms with van der Waals surface area (Å²) in [5.74, 6) is -0.538. The van der Waals surface area contributed by atoms with Gasteiger partial charge in [0.05, 0.1) is 26.4 Å². The van der Waals surface area contributed by atoms with Crippen LogP contribution in [0.4, 0.5) is 0 Å². The van der Waals surface area contributed by atoms with Gasteiger partial charge in [0.2, 0.25) is 0 Å². The van der Waals surface area contributed by atoms with Gasteiger partial charge in [-0.15, -0.1) is 0 Å². The van der Waals surface area contributed by atoms with Crippen LogP contribution in [0.1, 0.15) is 382 Å². The van der Waals surface area contributed by atoms with E-state index in [0.717, 1.165) is 102 Å². The van der Waals surface area contributed by atoms with Crippen molar-refractivity contribution < 1.29 is 80.2 Å². The van der Waals surface area contributed by atoms with Gasteiger partial charge in [-0.3, -0.25) is 37.3 Å². The number of carbonyl (C=O) groups excluding carboxylic acids is 4. The predicted octanol–water partition coefficient (Wildman–Crippen LogP) is 21.6. The van der Waals surface area contributed by atoms with Crippen LogP contribution in [0.3, 0.4) is 0 Å². The molecule has 0 aliphatic heterocycles. The second-order valence-corrected chi connectivity index (χ2v) is 30.1. The summed E-state index contributed by atoms with van der Waals surface area (Å²) < 4.78 is 68.5. The van der Waals surface area contributed by atoms with Crippen molar-refractivity contribution in [3.8, 4) is 0 Å². The van der Waals surface area contributed by atoms with Crippen molar-refractivity contribution in [3.63, 3.8) is 0 Å². The zero-order valence-corrected chi connectivity index (χ0v) is 62.3. The second kappa shape index (κ2) is 66.0. The predicted molar refractivity (Wildman–Crippen MR) is 377 cm³/mol. The fraction of sp³-hybridized carbons (Fsp3) is 0.946. The fourth-order valence-corrected chi connectivity index (χ4v) is 12.8. The molecule has 552 valence electrons. The van der Waals surface area contributed by atoms with Gasteiger partial charge in [-0.05, 0) is 37.5 Å². The Hall–Kier alpha value is -1.94. The SMILES string of the molecule is CCCCCCCCCCCCCCCCCC(=O)O[C@H](COC(=O)CCCCCCCCCCCCC(C)CC)COP(=O)(O)OC[C@@H](O)COP(=O)(O)OC[C@@H](COC(=O)CCCCCCCCCCCCCC)OC(=O)CCCCCCCCCCC(C)CC. The molecule has 0 saturated carbocycles. The Kier molecular flexibility index (Phi) is 64.6. The first kappa shape index (κ1) is 91.1. The quantitative estimate of drug-likeness (QED) is 0.0222. The maximum Gasteiger partial charge on any atom is 0.472 e. The number of phosphoric acid groups is 2. The summed E-state index contributed by atoms with van der Waals surface area (Å²) in [7, 11) is -9.91. The van der Waals surface area contributed by atoms with Crippen LogP contribution < -0.4 is 0 Å². The summed E-state index contributed by atoms with van der Waals surface area (Å²) in [6.07, 6.45) is 52.4. The minimum Gasteiger partial charge on any atom is -0.462 e. The molecule has 7 atom stereocenters. The second-order valence-electron chi connectivity index (χ2n) is 27.2. The first-order valence-corrected chi connectivity index (χ1v) is 41.6. The minimum atomic E-state index is -4.96. The molecule has 0 bridgehead atoms. The van der Waals surface area contributed by atoms with Gasteiger partial charge in [-0.2, -0.15) is 0 Å². The van der Waals surface area contributed by atoms with Crippen LogP contribution in [-0.2, 0) is 65.4 Å². The molecule has 0 aliphatic rings. The van der Waals surface area contributed by atoms with Crippen LogP contribution in [0.25, 0.3) is 0 Å². The average Bonchev–Trinajstić information content (AvgIpc) is 3.48. The third-order valence-corrected chi connectivity index (χ3v) is 19.8. The van der Waals surface area contributed by atoms with Gasteiger partial charge in [0.1, 0.15) is 19.3 Å². The van der Waals surface area contributed by atoms with Crippen molar-refractivity contribution in [1.82, 2.24) is 0 Å². The summed E-state index contributed by atoms with van der Waals surface area (Å²) in [5, 5.41) is 10.6. The Balaban J connectivity index is 5.27. The van der Waals surface area contributed by atoms with Crippen molar-refractivity contribution >= 4 is 39.5 Å². The van der Waals surface area contributed by atoms with E-state index in [2.05, 4.69) is 41.5 Å². The zero-order valence-electron chi connectivity index (χ0n) is 60.6. The molecule has 0 amide bonds. The summed E-state index contributed by atoms with van der Waals surface area (Å²) >= 11 is 0. The molecule has 0 spiro atoms. The lowest BCUT2D eigenvalue weighted by Crippen LogP contribution is -2.30. The molecule has 19 heteroatoms. The van der Waals surface area contributed by atoms with Crippen LogP contribution in [0.15, 0.2) is 0 Å². The number of unbranched alkanes of at least 4 members (excludes halogenated alkanes) is 41. The maximum atomic E-state index is 13.1. The minimum absolute atomic E-state index is 0.105. The summed E-state index contributed by atoms with van der Waals surface area (Å²) in [6.45, 7) is 9.61. The molecule has 0 saturated heterocycles. The van der Waals surface area contributed by atoms with Crippen LogP contribution in [0, 0.1) is 11.8 Å². The van der Waals surface area contributed by atoms with Crippen molar-refractivity contribution in [2.24, 2.45) is 11.8 Å². The van der Waals surface area contributed by atoms with Crippen LogP contribution in [0.2, 0.25) is 0 Å². The molecule has 0 rings (SSSR count). The topological polar surface area (TPSA) is 237 Å². The Bertz CT molecular complexity index is 1810. The summed E-state index contributed by atoms with van der Waals surface area (Å²) in [6, 6.07) is 0. The molecule has 17 nitrogen and oxygen atoms in total. The highest BCUT2D eigenvalue weighted by Crippen LogP contribution is 2.45. The Morgan fingerprint density at radius 1 is 0.301 bits per heavy atom. The molecular weight excluding hydrogens is 1220 g/mol. The number of ether oxygens (including phenoxy) is 4. The normalized spacial score (nSPS) is 14.6. The van der Waals surface area contributed by atoms with Crippen molar-refractivity contribution in [1.29, 1.82) is 0 Å². The van der Waals surface area contributed by atoms with E-state index >= 15 is 0 Å². The number of hydrogen-bond donors (Lipinski definition) is 3. The molecule has 0 aromatic carbocycles. The van der Waals surface area contributed by atoms with Gasteiger partial charge in [0.15, 0.2) is 12.2 Å². The highest BCUT2D eigenvalue weighted by Gasteiger charge is 2.30. The van der Waals surface area contributed by atoms with Gasteiger partial charge in [0, 0.05) is 25.7 Å². The zero-order chi connectivity index (χ0) is 68.6. The number of aliphatic hydroxyl groups excluding tert-OH is 1. The number of rotatable bonds is 73. The third kappa shape index (κ3) is 65.8. The van der Waals surface area contributed by atoms with E-state index in [4.69, 9.17) is 37.0 Å². The maximum absolute atomic E-state index is 13.1. The molecule has 0 aliphatic carbocycles. The van der Waals surface area contributed by atoms with Gasteiger partial charge in [-0.1, -0.05) is 330 Å². The first-order chi connectivity index (χ1) is 44.9. The van der Waals surface area contributed by atoms with Gasteiger partial charge in [-0.25, -0.2) is 9.13 Å². The van der Waals surface area contributed by atoms with Crippen LogP contribution in [-0.4, -0.2) is 96.7 Å². The number of phosphoric ester groups is 2. The number of carbonyl (C=O) groups is 4. The van der Waals surface area contributed by atoms with Crippen LogP contribution >= 0.6 is 15.6 Å². The Morgan fingerprint density at radius 2 is 0.516 bits per heavy atom. The summed E-state index contributed by atoms with van der Waals surface area (Å²) in [4.78, 5) is 72.8. The summed E-state index contributed by atoms with van der Waals surface area (Å²) in [5.41, 5.74) is 0. The number of aliphatic hydroxyl groups is 1. The van der Waals surface area contributed by atoms with E-state index in [1.165, 1.54) is 199 Å². The molecule has 3 N–H and O–H groups in total. The molecule has 0 heterocycles. The van der Waals surface area contributed by atoms with Crippen molar-refractivity contribution in [3.05, 3.63) is 0 Å².